The first-order valence-electron chi connectivity index (χ1n) is 9.08. The van der Waals surface area contributed by atoms with Gasteiger partial charge in [0, 0.05) is 69.9 Å². The molecule has 1 aromatic rings. The van der Waals surface area contributed by atoms with Crippen molar-refractivity contribution in [2.75, 3.05) is 39.8 Å². The quantitative estimate of drug-likeness (QED) is 0.741. The standard InChI is InChI=1S/C18H26N4O4S/c1-14(2)17(24)21-7-8-22(27(25,26)15-5-4-6-19-10-15)13-18(12-21)9-16(23)20(3)11-18/h4-6,10,14H,7-9,11-13H2,1-3H3/t18-/m1/s1. The van der Waals surface area contributed by atoms with E-state index in [1.165, 1.54) is 22.8 Å². The fraction of sp³-hybridized carbons (Fsp3) is 0.611. The van der Waals surface area contributed by atoms with E-state index in [2.05, 4.69) is 4.98 Å². The average molecular weight is 394 g/mol. The molecule has 9 heteroatoms. The van der Waals surface area contributed by atoms with Crippen molar-refractivity contribution in [1.82, 2.24) is 19.1 Å². The molecule has 8 nitrogen and oxygen atoms in total. The zero-order chi connectivity index (χ0) is 19.8. The molecule has 27 heavy (non-hydrogen) atoms. The molecule has 0 aromatic carbocycles. The molecule has 0 saturated carbocycles. The van der Waals surface area contributed by atoms with Crippen LogP contribution in [0.3, 0.4) is 0 Å². The Morgan fingerprint density at radius 3 is 2.52 bits per heavy atom. The average Bonchev–Trinajstić information content (AvgIpc) is 2.79. The van der Waals surface area contributed by atoms with Crippen LogP contribution in [-0.2, 0) is 19.6 Å². The molecule has 0 radical (unpaired) electrons. The van der Waals surface area contributed by atoms with E-state index in [0.29, 0.717) is 19.6 Å². The smallest absolute Gasteiger partial charge is 0.244 e. The Hall–Kier alpha value is -2.00. The Kier molecular flexibility index (Phi) is 5.27. The van der Waals surface area contributed by atoms with Crippen molar-refractivity contribution in [3.05, 3.63) is 24.5 Å². The number of hydrogen-bond acceptors (Lipinski definition) is 5. The van der Waals surface area contributed by atoms with E-state index in [4.69, 9.17) is 0 Å². The van der Waals surface area contributed by atoms with Gasteiger partial charge in [0.2, 0.25) is 21.8 Å². The molecule has 1 aromatic heterocycles. The van der Waals surface area contributed by atoms with E-state index in [1.54, 1.807) is 22.9 Å². The lowest BCUT2D eigenvalue weighted by Gasteiger charge is -2.33. The zero-order valence-electron chi connectivity index (χ0n) is 16.0. The number of nitrogens with zero attached hydrogens (tertiary/aromatic N) is 4. The molecule has 0 bridgehead atoms. The van der Waals surface area contributed by atoms with E-state index in [0.717, 1.165) is 0 Å². The fourth-order valence-electron chi connectivity index (χ4n) is 3.94. The maximum absolute atomic E-state index is 13.1. The predicted molar refractivity (Wildman–Crippen MR) is 99.1 cm³/mol. The van der Waals surface area contributed by atoms with Gasteiger partial charge in [-0.2, -0.15) is 4.31 Å². The largest absolute Gasteiger partial charge is 0.345 e. The second kappa shape index (κ2) is 7.20. The molecular formula is C18H26N4O4S. The van der Waals surface area contributed by atoms with Crippen LogP contribution in [0.1, 0.15) is 20.3 Å². The van der Waals surface area contributed by atoms with Crippen LogP contribution >= 0.6 is 0 Å². The third kappa shape index (κ3) is 3.84. The molecule has 2 saturated heterocycles. The van der Waals surface area contributed by atoms with Crippen LogP contribution in [0.15, 0.2) is 29.4 Å². The van der Waals surface area contributed by atoms with Crippen LogP contribution in [-0.4, -0.2) is 79.1 Å². The summed E-state index contributed by atoms with van der Waals surface area (Å²) in [7, 11) is -2.03. The molecule has 148 valence electrons. The molecule has 2 fully saturated rings. The van der Waals surface area contributed by atoms with Crippen LogP contribution in [0.2, 0.25) is 0 Å². The highest BCUT2D eigenvalue weighted by atomic mass is 32.2. The molecule has 3 rings (SSSR count). The van der Waals surface area contributed by atoms with Crippen LogP contribution in [0.4, 0.5) is 0 Å². The number of carbonyl (C=O) groups excluding carboxylic acids is 2. The number of carbonyl (C=O) groups is 2. The van der Waals surface area contributed by atoms with Gasteiger partial charge >= 0.3 is 0 Å². The summed E-state index contributed by atoms with van der Waals surface area (Å²) in [5.41, 5.74) is -0.595. The van der Waals surface area contributed by atoms with Gasteiger partial charge in [-0.3, -0.25) is 14.6 Å². The van der Waals surface area contributed by atoms with Crippen molar-refractivity contribution in [2.45, 2.75) is 25.2 Å². The number of pyridine rings is 1. The molecular weight excluding hydrogens is 368 g/mol. The molecule has 0 aliphatic carbocycles. The molecule has 1 atom stereocenters. The molecule has 3 heterocycles. The minimum Gasteiger partial charge on any atom is -0.345 e. The first-order chi connectivity index (χ1) is 12.6. The van der Waals surface area contributed by atoms with Crippen molar-refractivity contribution in [3.8, 4) is 0 Å². The molecule has 2 amide bonds. The second-order valence-corrected chi connectivity index (χ2v) is 9.81. The van der Waals surface area contributed by atoms with Gasteiger partial charge in [-0.25, -0.2) is 8.42 Å². The normalized spacial score (nSPS) is 24.7. The summed E-state index contributed by atoms with van der Waals surface area (Å²) < 4.78 is 27.7. The lowest BCUT2D eigenvalue weighted by atomic mass is 9.86. The van der Waals surface area contributed by atoms with Crippen molar-refractivity contribution >= 4 is 21.8 Å². The van der Waals surface area contributed by atoms with Crippen molar-refractivity contribution in [1.29, 1.82) is 0 Å². The maximum atomic E-state index is 13.1. The predicted octanol–water partition coefficient (Wildman–Crippen LogP) is 0.419. The summed E-state index contributed by atoms with van der Waals surface area (Å²) >= 11 is 0. The van der Waals surface area contributed by atoms with Gasteiger partial charge in [0.15, 0.2) is 0 Å². The number of sulfonamides is 1. The van der Waals surface area contributed by atoms with Crippen LogP contribution in [0, 0.1) is 11.3 Å². The first-order valence-corrected chi connectivity index (χ1v) is 10.5. The highest BCUT2D eigenvalue weighted by Gasteiger charge is 2.48. The Morgan fingerprint density at radius 2 is 1.96 bits per heavy atom. The summed E-state index contributed by atoms with van der Waals surface area (Å²) in [5.74, 6) is -0.220. The maximum Gasteiger partial charge on any atom is 0.244 e. The second-order valence-electron chi connectivity index (χ2n) is 7.87. The lowest BCUT2D eigenvalue weighted by molar-refractivity contribution is -0.135. The van der Waals surface area contributed by atoms with Crippen LogP contribution in [0.25, 0.3) is 0 Å². The third-order valence-corrected chi connectivity index (χ3v) is 7.09. The third-order valence-electron chi connectivity index (χ3n) is 5.26. The SMILES string of the molecule is CC(C)C(=O)N1CCN(S(=O)(=O)c2cccnc2)C[C@@]2(CC(=O)N(C)C2)C1. The van der Waals surface area contributed by atoms with Gasteiger partial charge < -0.3 is 9.80 Å². The molecule has 2 aliphatic rings. The van der Waals surface area contributed by atoms with E-state index >= 15 is 0 Å². The van der Waals surface area contributed by atoms with E-state index < -0.39 is 15.4 Å². The van der Waals surface area contributed by atoms with Crippen LogP contribution in [0.5, 0.6) is 0 Å². The van der Waals surface area contributed by atoms with Gasteiger partial charge in [0.1, 0.15) is 4.90 Å². The molecule has 0 N–H and O–H groups in total. The Morgan fingerprint density at radius 1 is 1.22 bits per heavy atom. The summed E-state index contributed by atoms with van der Waals surface area (Å²) in [6.07, 6.45) is 3.09. The Labute approximate surface area is 160 Å². The van der Waals surface area contributed by atoms with Gasteiger partial charge in [0.25, 0.3) is 0 Å². The van der Waals surface area contributed by atoms with Crippen molar-refractivity contribution in [3.63, 3.8) is 0 Å². The minimum atomic E-state index is -3.75. The number of aromatic nitrogens is 1. The summed E-state index contributed by atoms with van der Waals surface area (Å²) in [6, 6.07) is 3.10. The molecule has 1 spiro atoms. The minimum absolute atomic E-state index is 0.0167. The Balaban J connectivity index is 1.96. The highest BCUT2D eigenvalue weighted by Crippen LogP contribution is 2.36. The summed E-state index contributed by atoms with van der Waals surface area (Å²) in [4.78, 5) is 32.3. The topological polar surface area (TPSA) is 90.9 Å². The van der Waals surface area contributed by atoms with Gasteiger partial charge in [-0.05, 0) is 12.1 Å². The van der Waals surface area contributed by atoms with Gasteiger partial charge in [-0.15, -0.1) is 0 Å². The van der Waals surface area contributed by atoms with Gasteiger partial charge in [0.05, 0.1) is 0 Å². The van der Waals surface area contributed by atoms with Crippen molar-refractivity contribution in [2.24, 2.45) is 11.3 Å². The van der Waals surface area contributed by atoms with Crippen molar-refractivity contribution < 1.29 is 18.0 Å². The van der Waals surface area contributed by atoms with E-state index in [9.17, 15) is 18.0 Å². The summed E-state index contributed by atoms with van der Waals surface area (Å²) in [5, 5.41) is 0. The number of hydrogen-bond donors (Lipinski definition) is 0. The number of rotatable bonds is 3. The summed E-state index contributed by atoms with van der Waals surface area (Å²) in [6.45, 7) is 5.21. The van der Waals surface area contributed by atoms with E-state index in [-0.39, 0.29) is 42.1 Å². The fourth-order valence-corrected chi connectivity index (χ4v) is 5.45. The molecule has 0 unspecified atom stereocenters. The highest BCUT2D eigenvalue weighted by molar-refractivity contribution is 7.89. The number of amides is 2. The molecule has 2 aliphatic heterocycles. The van der Waals surface area contributed by atoms with Crippen LogP contribution < -0.4 is 0 Å². The van der Waals surface area contributed by atoms with Gasteiger partial charge in [-0.1, -0.05) is 13.8 Å². The Bertz CT molecular complexity index is 827. The lowest BCUT2D eigenvalue weighted by Crippen LogP contribution is -2.45. The zero-order valence-corrected chi connectivity index (χ0v) is 16.8. The van der Waals surface area contributed by atoms with E-state index in [1.807, 2.05) is 13.8 Å². The number of likely N-dealkylation sites (tertiary alicyclic amines) is 1. The monoisotopic (exact) mass is 394 g/mol. The first kappa shape index (κ1) is 19.8.